The second kappa shape index (κ2) is 47.3. The first kappa shape index (κ1) is 104. The lowest BCUT2D eigenvalue weighted by atomic mass is 9.71. The Morgan fingerprint density at radius 1 is 0.315 bits per heavy atom. The highest BCUT2D eigenvalue weighted by atomic mass is 16.6. The van der Waals surface area contributed by atoms with Crippen LogP contribution in [-0.4, -0.2) is 104 Å². The van der Waals surface area contributed by atoms with Crippen LogP contribution in [0.5, 0.6) is 0 Å². The van der Waals surface area contributed by atoms with Crippen LogP contribution in [0.4, 0.5) is 14.4 Å². The van der Waals surface area contributed by atoms with E-state index in [1.54, 1.807) is 6.92 Å². The zero-order chi connectivity index (χ0) is 84.9. The molecule has 0 aromatic heterocycles. The van der Waals surface area contributed by atoms with Gasteiger partial charge in [0.1, 0.15) is 5.60 Å². The molecule has 9 aliphatic carbocycles. The van der Waals surface area contributed by atoms with Gasteiger partial charge in [0.25, 0.3) is 0 Å². The first-order valence-electron chi connectivity index (χ1n) is 45.5. The van der Waals surface area contributed by atoms with Crippen molar-refractivity contribution in [2.45, 2.75) is 461 Å². The van der Waals surface area contributed by atoms with Crippen LogP contribution < -0.4 is 54.0 Å². The maximum atomic E-state index is 11.9. The third-order valence-electron chi connectivity index (χ3n) is 23.1. The Morgan fingerprint density at radius 3 is 0.793 bits per heavy atom. The average Bonchev–Trinajstić information content (AvgIpc) is 0.908. The van der Waals surface area contributed by atoms with Crippen molar-refractivity contribution in [1.29, 1.82) is 0 Å². The van der Waals surface area contributed by atoms with E-state index in [1.165, 1.54) is 148 Å². The fourth-order valence-corrected chi connectivity index (χ4v) is 18.6. The zero-order valence-electron chi connectivity index (χ0n) is 78.8. The topological polar surface area (TPSA) is 243 Å². The molecule has 9 saturated carbocycles. The average molecular weight is 1570 g/mol. The molecule has 0 atom stereocenters. The van der Waals surface area contributed by atoms with Gasteiger partial charge in [-0.3, -0.25) is 9.59 Å². The smallest absolute Gasteiger partial charge is 0.407 e. The fraction of sp³-hybridized carbons (Fsp3) is 0.947. The third-order valence-corrected chi connectivity index (χ3v) is 23.1. The predicted octanol–water partition coefficient (Wildman–Crippen LogP) is 22.5. The molecule has 16 nitrogen and oxygen atoms in total. The molecule has 9 rings (SSSR count). The van der Waals surface area contributed by atoms with Crippen molar-refractivity contribution in [1.82, 2.24) is 42.5 Å². The lowest BCUT2D eigenvalue weighted by Crippen LogP contribution is -2.48. The number of nitrogens with two attached hydrogens (primary N) is 2. The van der Waals surface area contributed by atoms with Crippen LogP contribution in [0.2, 0.25) is 0 Å². The Hall–Kier alpha value is -3.37. The third kappa shape index (κ3) is 53.6. The van der Waals surface area contributed by atoms with Gasteiger partial charge in [-0.05, 0) is 325 Å². The van der Waals surface area contributed by atoms with Crippen molar-refractivity contribution >= 4 is 30.0 Å². The van der Waals surface area contributed by atoms with Crippen LogP contribution in [0.15, 0.2) is 0 Å². The molecule has 0 heterocycles. The number of alkyl carbamates (subject to hydrolysis) is 1. The van der Waals surface area contributed by atoms with Crippen molar-refractivity contribution in [2.24, 2.45) is 108 Å². The molecule has 0 unspecified atom stereocenters. The minimum Gasteiger partial charge on any atom is -0.444 e. The van der Waals surface area contributed by atoms with E-state index in [9.17, 15) is 24.0 Å². The summed E-state index contributed by atoms with van der Waals surface area (Å²) in [5.41, 5.74) is 14.6. The Morgan fingerprint density at radius 2 is 0.568 bits per heavy atom. The van der Waals surface area contributed by atoms with Crippen LogP contribution in [-0.2, 0) is 14.3 Å². The second-order valence-corrected chi connectivity index (χ2v) is 47.7. The first-order valence-corrected chi connectivity index (χ1v) is 45.5. The summed E-state index contributed by atoms with van der Waals surface area (Å²) in [7, 11) is 2.09. The van der Waals surface area contributed by atoms with Gasteiger partial charge in [0.15, 0.2) is 0 Å². The highest BCUT2D eigenvalue weighted by molar-refractivity contribution is 5.79. The van der Waals surface area contributed by atoms with Crippen LogP contribution >= 0.6 is 0 Å². The minimum absolute atomic E-state index is 0.0169. The SMILES string of the molecule is CC(=O)NC1CC(CC(C)(C)C)C1.CC(C)(C)CC1CC(N)C1.CC(C)(C)CC1CC(N)C1.CC(C)(C)CC1CC(NC(=O)OC(C)(C)C)C1.CC(C)(C)CC1CCC(NC(=O)C2CCC2)CC1.CCNC(=O)NC1CC(CC(C)(C)C)C1.CCNC(=O)NC1CC(CC(C)(C)C)C1.CNC1CCC(CC(C)(C)C)CC1. The molecule has 9 fully saturated rings. The van der Waals surface area contributed by atoms with Gasteiger partial charge in [-0.2, -0.15) is 0 Å². The van der Waals surface area contributed by atoms with E-state index in [1.807, 2.05) is 34.6 Å². The lowest BCUT2D eigenvalue weighted by Gasteiger charge is -2.39. The molecule has 9 aliphatic rings. The summed E-state index contributed by atoms with van der Waals surface area (Å²) >= 11 is 0. The molecule has 111 heavy (non-hydrogen) atoms. The molecule has 7 amide bonds. The largest absolute Gasteiger partial charge is 0.444 e. The molecule has 16 heteroatoms. The second-order valence-electron chi connectivity index (χ2n) is 47.7. The highest BCUT2D eigenvalue weighted by Gasteiger charge is 2.38. The monoisotopic (exact) mass is 1570 g/mol. The van der Waals surface area contributed by atoms with Gasteiger partial charge in [-0.25, -0.2) is 14.4 Å². The number of carbonyl (C=O) groups excluding carboxylic acids is 5. The van der Waals surface area contributed by atoms with E-state index in [-0.39, 0.29) is 24.1 Å². The van der Waals surface area contributed by atoms with E-state index in [4.69, 9.17) is 16.2 Å². The summed E-state index contributed by atoms with van der Waals surface area (Å²) < 4.78 is 5.23. The van der Waals surface area contributed by atoms with Gasteiger partial charge >= 0.3 is 18.2 Å². The Kier molecular flexibility index (Phi) is 44.2. The molecule has 12 N–H and O–H groups in total. The maximum Gasteiger partial charge on any atom is 0.407 e. The first-order chi connectivity index (χ1) is 50.6. The van der Waals surface area contributed by atoms with Crippen molar-refractivity contribution < 1.29 is 28.7 Å². The quantitative estimate of drug-likeness (QED) is 0.0665. The Bertz CT molecular complexity index is 2490. The van der Waals surface area contributed by atoms with E-state index >= 15 is 0 Å². The van der Waals surface area contributed by atoms with Crippen LogP contribution in [0.1, 0.15) is 407 Å². The molecule has 0 aromatic rings. The maximum absolute atomic E-state index is 11.9. The Labute approximate surface area is 686 Å². The van der Waals surface area contributed by atoms with E-state index in [2.05, 4.69) is 216 Å². The lowest BCUT2D eigenvalue weighted by molar-refractivity contribution is -0.128. The van der Waals surface area contributed by atoms with Gasteiger partial charge in [0, 0.05) is 74.3 Å². The number of ether oxygens (including phenoxy) is 1. The molecule has 0 saturated heterocycles. The summed E-state index contributed by atoms with van der Waals surface area (Å²) in [6.07, 6.45) is 38.5. The van der Waals surface area contributed by atoms with Crippen molar-refractivity contribution in [3.63, 3.8) is 0 Å². The summed E-state index contributed by atoms with van der Waals surface area (Å²) in [5, 5.41) is 24.0. The zero-order valence-corrected chi connectivity index (χ0v) is 78.8. The summed E-state index contributed by atoms with van der Waals surface area (Å²) in [4.78, 5) is 56.6. The summed E-state index contributed by atoms with van der Waals surface area (Å²) in [5.74, 6) is 7.70. The molecule has 0 spiro atoms. The summed E-state index contributed by atoms with van der Waals surface area (Å²) in [6, 6.07) is 3.87. The van der Waals surface area contributed by atoms with Crippen molar-refractivity contribution in [3.8, 4) is 0 Å². The predicted molar refractivity (Wildman–Crippen MR) is 474 cm³/mol. The standard InChI is InChI=1S/C16H29NO.C14H27NO2.2C12H24N2O.C12H25N.C11H21NO.2C9H19N/c1-16(2,3)11-12-7-9-14(10-8-12)17-15(18)13-5-4-6-13;1-13(2,3)9-10-7-11(8-10)15-12(16)17-14(4,5)6;2*1-5-13-11(15)14-10-6-9(7-10)8-12(2,3)4;1-12(2,3)9-10-5-7-11(13-4)8-6-10;1-8(13)12-10-5-9(6-10)7-11(2,3)4;2*1-9(2,3)6-7-4-8(10)5-7/h12-14H,4-11H2,1-3H3,(H,17,18);10-11H,7-9H2,1-6H3,(H,15,16);2*9-10H,5-8H2,1-4H3,(H2,13,14,15);10-11,13H,5-9H2,1-4H3;9-10H,5-7H2,1-4H3,(H,12,13);2*7-8H,4-6,10H2,1-3H3. The molecule has 0 aromatic carbocycles. The summed E-state index contributed by atoms with van der Waals surface area (Å²) in [6.45, 7) is 67.7. The minimum atomic E-state index is -0.404. The molecule has 654 valence electrons. The number of amides is 7. The van der Waals surface area contributed by atoms with Crippen LogP contribution in [0.3, 0.4) is 0 Å². The van der Waals surface area contributed by atoms with Gasteiger partial charge in [-0.1, -0.05) is 173 Å². The molecule has 0 bridgehead atoms. The number of nitrogens with one attached hydrogen (secondary N) is 8. The molecule has 0 radical (unpaired) electrons. The van der Waals surface area contributed by atoms with E-state index < -0.39 is 5.60 Å². The highest BCUT2D eigenvalue weighted by Crippen LogP contribution is 2.43. The van der Waals surface area contributed by atoms with Gasteiger partial charge < -0.3 is 58.7 Å². The van der Waals surface area contributed by atoms with E-state index in [0.717, 1.165) is 105 Å². The van der Waals surface area contributed by atoms with E-state index in [0.29, 0.717) is 111 Å². The molecular formula is C95H188N10O6. The Balaban J connectivity index is 0.000000433. The molecule has 0 aliphatic heterocycles. The fourth-order valence-electron chi connectivity index (χ4n) is 18.6. The number of urea groups is 2. The van der Waals surface area contributed by atoms with Gasteiger partial charge in [-0.15, -0.1) is 0 Å². The van der Waals surface area contributed by atoms with Crippen molar-refractivity contribution in [2.75, 3.05) is 20.1 Å². The van der Waals surface area contributed by atoms with Gasteiger partial charge in [0.05, 0.1) is 0 Å². The van der Waals surface area contributed by atoms with Crippen LogP contribution in [0, 0.1) is 96.6 Å². The van der Waals surface area contributed by atoms with Crippen molar-refractivity contribution in [3.05, 3.63) is 0 Å². The molecular weight excluding hydrogens is 1380 g/mol. The number of rotatable bonds is 17. The normalized spacial score (nSPS) is 28.5. The van der Waals surface area contributed by atoms with Crippen LogP contribution in [0.25, 0.3) is 0 Å². The van der Waals surface area contributed by atoms with Gasteiger partial charge in [0.2, 0.25) is 11.8 Å². The number of hydrogen-bond acceptors (Lipinski definition) is 9. The number of carbonyl (C=O) groups is 5. The number of hydrogen-bond donors (Lipinski definition) is 10.